The monoisotopic (exact) mass is 1090 g/mol. The highest BCUT2D eigenvalue weighted by Crippen LogP contribution is 2.43. The maximum absolute atomic E-state index is 13.0. The van der Waals surface area contributed by atoms with Crippen molar-refractivity contribution >= 4 is 13.7 Å². The zero-order valence-electron chi connectivity index (χ0n) is 50.7. The first-order valence-electron chi connectivity index (χ1n) is 32.3. The van der Waals surface area contributed by atoms with Crippen LogP contribution in [0.5, 0.6) is 0 Å². The van der Waals surface area contributed by atoms with Gasteiger partial charge in [0.05, 0.1) is 39.9 Å². The van der Waals surface area contributed by atoms with Gasteiger partial charge in [-0.2, -0.15) is 0 Å². The molecule has 444 valence electrons. The number of phosphoric ester groups is 1. The number of rotatable bonds is 59. The molecule has 3 atom stereocenters. The standard InChI is InChI=1S/C67H125N2O6P/c1-6-8-10-12-14-16-18-20-21-22-23-24-25-26-27-28-29-30-31-32-33-34-35-36-37-38-39-40-41-42-43-44-45-46-47-49-51-53-55-57-59-61-67(71)68-65(64-75-76(72,73)74-63-62-69(3,4)5)66(70)60-58-56-54-52-50-48-19-17-15-13-11-9-7-2/h15,17-18,20,22-23,25-26,50,52,58,60,65-66,70H,6-14,16,19,21,24,27-49,51,53-57,59,61-64H2,1-5H3,(H-,68,71,72,73)/p+1/b17-15+,20-18-,23-22-,26-25-,52-50+,60-58+. The first kappa shape index (κ1) is 73.9. The second kappa shape index (κ2) is 57.6. The largest absolute Gasteiger partial charge is 0.472 e. The summed E-state index contributed by atoms with van der Waals surface area (Å²) in [4.78, 5) is 23.3. The molecule has 0 rings (SSSR count). The van der Waals surface area contributed by atoms with Crippen LogP contribution >= 0.6 is 7.82 Å². The van der Waals surface area contributed by atoms with Gasteiger partial charge in [-0.15, -0.1) is 0 Å². The van der Waals surface area contributed by atoms with Crippen molar-refractivity contribution in [2.45, 2.75) is 309 Å². The summed E-state index contributed by atoms with van der Waals surface area (Å²) in [5.74, 6) is -0.189. The van der Waals surface area contributed by atoms with Crippen LogP contribution < -0.4 is 5.32 Å². The second-order valence-corrected chi connectivity index (χ2v) is 24.6. The summed E-state index contributed by atoms with van der Waals surface area (Å²) in [6.07, 6.45) is 80.6. The van der Waals surface area contributed by atoms with Gasteiger partial charge in [-0.05, 0) is 83.5 Å². The zero-order valence-corrected chi connectivity index (χ0v) is 51.6. The summed E-state index contributed by atoms with van der Waals surface area (Å²) in [6.45, 7) is 4.75. The van der Waals surface area contributed by atoms with E-state index in [9.17, 15) is 19.4 Å². The van der Waals surface area contributed by atoms with Gasteiger partial charge in [0.2, 0.25) is 5.91 Å². The first-order chi connectivity index (χ1) is 37.0. The molecule has 0 radical (unpaired) electrons. The summed E-state index contributed by atoms with van der Waals surface area (Å²) < 4.78 is 23.7. The Labute approximate surface area is 472 Å². The number of nitrogens with one attached hydrogen (secondary N) is 1. The average molecular weight is 1090 g/mol. The molecule has 0 aliphatic carbocycles. The fraction of sp³-hybridized carbons (Fsp3) is 0.806. The van der Waals surface area contributed by atoms with Crippen molar-refractivity contribution in [3.8, 4) is 0 Å². The van der Waals surface area contributed by atoms with Gasteiger partial charge in [-0.1, -0.05) is 279 Å². The van der Waals surface area contributed by atoms with E-state index >= 15 is 0 Å². The summed E-state index contributed by atoms with van der Waals surface area (Å²) >= 11 is 0. The van der Waals surface area contributed by atoms with Gasteiger partial charge in [0, 0.05) is 6.42 Å². The summed E-state index contributed by atoms with van der Waals surface area (Å²) in [5, 5.41) is 13.9. The Morgan fingerprint density at radius 1 is 0.447 bits per heavy atom. The molecule has 0 saturated heterocycles. The minimum atomic E-state index is -4.36. The Morgan fingerprint density at radius 3 is 1.17 bits per heavy atom. The van der Waals surface area contributed by atoms with E-state index in [1.165, 1.54) is 212 Å². The van der Waals surface area contributed by atoms with Crippen LogP contribution in [0.25, 0.3) is 0 Å². The van der Waals surface area contributed by atoms with Gasteiger partial charge in [0.15, 0.2) is 0 Å². The summed E-state index contributed by atoms with van der Waals surface area (Å²) in [5.41, 5.74) is 0. The molecule has 0 spiro atoms. The molecule has 0 saturated carbocycles. The van der Waals surface area contributed by atoms with E-state index in [4.69, 9.17) is 9.05 Å². The topological polar surface area (TPSA) is 105 Å². The average Bonchev–Trinajstić information content (AvgIpc) is 3.38. The lowest BCUT2D eigenvalue weighted by atomic mass is 10.0. The smallest absolute Gasteiger partial charge is 0.387 e. The number of aliphatic hydroxyl groups excluding tert-OH is 1. The van der Waals surface area contributed by atoms with Gasteiger partial charge in [-0.25, -0.2) is 4.57 Å². The van der Waals surface area contributed by atoms with E-state index < -0.39 is 20.0 Å². The van der Waals surface area contributed by atoms with E-state index in [2.05, 4.69) is 79.9 Å². The molecular weight excluding hydrogens is 960 g/mol. The lowest BCUT2D eigenvalue weighted by molar-refractivity contribution is -0.870. The van der Waals surface area contributed by atoms with Gasteiger partial charge in [0.25, 0.3) is 0 Å². The van der Waals surface area contributed by atoms with E-state index in [1.54, 1.807) is 6.08 Å². The normalized spacial score (nSPS) is 14.2. The predicted molar refractivity (Wildman–Crippen MR) is 332 cm³/mol. The molecule has 0 aromatic heterocycles. The van der Waals surface area contributed by atoms with Crippen molar-refractivity contribution in [1.29, 1.82) is 0 Å². The molecule has 0 heterocycles. The number of quaternary nitrogens is 1. The number of allylic oxidation sites excluding steroid dienone is 11. The number of unbranched alkanes of at least 4 members (excludes halogenated alkanes) is 36. The minimum Gasteiger partial charge on any atom is -0.387 e. The van der Waals surface area contributed by atoms with Crippen molar-refractivity contribution < 1.29 is 32.9 Å². The predicted octanol–water partition coefficient (Wildman–Crippen LogP) is 20.2. The number of phosphoric acid groups is 1. The maximum atomic E-state index is 13.0. The quantitative estimate of drug-likeness (QED) is 0.0243. The lowest BCUT2D eigenvalue weighted by Crippen LogP contribution is -2.45. The fourth-order valence-corrected chi connectivity index (χ4v) is 10.1. The Balaban J connectivity index is 3.87. The molecule has 9 heteroatoms. The molecule has 3 N–H and O–H groups in total. The number of nitrogens with zero attached hydrogens (tertiary/aromatic N) is 1. The van der Waals surface area contributed by atoms with E-state index in [1.807, 2.05) is 27.2 Å². The van der Waals surface area contributed by atoms with Crippen molar-refractivity contribution in [2.75, 3.05) is 40.9 Å². The van der Waals surface area contributed by atoms with Crippen molar-refractivity contribution in [1.82, 2.24) is 5.32 Å². The van der Waals surface area contributed by atoms with E-state index in [0.29, 0.717) is 17.4 Å². The molecule has 76 heavy (non-hydrogen) atoms. The SMILES string of the molecule is CCCCC/C=C/CC/C=C/CC/C=C/C(O)C(COP(=O)(O)OCC[N+](C)(C)C)NC(=O)CCCCCCCCCCCCCCCCCCCCCCCCCCCC/C=C\C/C=C\C/C=C\CCCCCCC. The third-order valence-corrected chi connectivity index (χ3v) is 15.4. The van der Waals surface area contributed by atoms with E-state index in [0.717, 1.165) is 64.2 Å². The van der Waals surface area contributed by atoms with Crippen molar-refractivity contribution in [3.63, 3.8) is 0 Å². The van der Waals surface area contributed by atoms with Crippen LogP contribution in [0.1, 0.15) is 296 Å². The molecule has 0 aromatic carbocycles. The van der Waals surface area contributed by atoms with Crippen LogP contribution in [0, 0.1) is 0 Å². The maximum Gasteiger partial charge on any atom is 0.472 e. The molecule has 0 aliphatic rings. The highest BCUT2D eigenvalue weighted by molar-refractivity contribution is 7.47. The van der Waals surface area contributed by atoms with Crippen LogP contribution in [0.2, 0.25) is 0 Å². The van der Waals surface area contributed by atoms with Crippen LogP contribution in [0.15, 0.2) is 72.9 Å². The zero-order chi connectivity index (χ0) is 55.6. The van der Waals surface area contributed by atoms with Crippen LogP contribution in [0.4, 0.5) is 0 Å². The number of hydrogen-bond donors (Lipinski definition) is 3. The van der Waals surface area contributed by atoms with Gasteiger partial charge in [-0.3, -0.25) is 13.8 Å². The Morgan fingerprint density at radius 2 is 0.763 bits per heavy atom. The van der Waals surface area contributed by atoms with Crippen molar-refractivity contribution in [3.05, 3.63) is 72.9 Å². The minimum absolute atomic E-state index is 0.0530. The second-order valence-electron chi connectivity index (χ2n) is 23.1. The fourth-order valence-electron chi connectivity index (χ4n) is 9.32. The number of carbonyl (C=O) groups excluding carboxylic acids is 1. The molecule has 0 bridgehead atoms. The van der Waals surface area contributed by atoms with Crippen molar-refractivity contribution in [2.24, 2.45) is 0 Å². The molecular formula is C67H126N2O6P+. The Kier molecular flexibility index (Phi) is 56.1. The number of carbonyl (C=O) groups is 1. The van der Waals surface area contributed by atoms with Gasteiger partial charge >= 0.3 is 7.82 Å². The molecule has 8 nitrogen and oxygen atoms in total. The number of aliphatic hydroxyl groups is 1. The lowest BCUT2D eigenvalue weighted by Gasteiger charge is -2.25. The number of hydrogen-bond acceptors (Lipinski definition) is 5. The summed E-state index contributed by atoms with van der Waals surface area (Å²) in [6, 6.07) is -0.870. The molecule has 0 aliphatic heterocycles. The van der Waals surface area contributed by atoms with Crippen LogP contribution in [-0.4, -0.2) is 73.4 Å². The number of likely N-dealkylation sites (N-methyl/N-ethyl adjacent to an activating group) is 1. The Hall–Kier alpha value is -2.06. The molecule has 0 fully saturated rings. The van der Waals surface area contributed by atoms with Crippen LogP contribution in [0.3, 0.4) is 0 Å². The Bertz CT molecular complexity index is 1470. The third kappa shape index (κ3) is 59.6. The molecule has 0 aromatic rings. The highest BCUT2D eigenvalue weighted by atomic mass is 31.2. The van der Waals surface area contributed by atoms with Gasteiger partial charge < -0.3 is 19.8 Å². The van der Waals surface area contributed by atoms with Gasteiger partial charge in [0.1, 0.15) is 13.2 Å². The molecule has 3 unspecified atom stereocenters. The van der Waals surface area contributed by atoms with E-state index in [-0.39, 0.29) is 19.1 Å². The van der Waals surface area contributed by atoms with Crippen LogP contribution in [-0.2, 0) is 18.4 Å². The number of amides is 1. The summed E-state index contributed by atoms with van der Waals surface area (Å²) in [7, 11) is 1.55. The third-order valence-electron chi connectivity index (χ3n) is 14.4. The first-order valence-corrected chi connectivity index (χ1v) is 33.8. The molecule has 1 amide bonds. The highest BCUT2D eigenvalue weighted by Gasteiger charge is 2.27.